The van der Waals surface area contributed by atoms with Gasteiger partial charge in [-0.1, -0.05) is 30.3 Å². The van der Waals surface area contributed by atoms with Gasteiger partial charge in [0, 0.05) is 36.4 Å². The molecule has 264 valence electrons. The molecule has 0 bridgehead atoms. The Balaban J connectivity index is 0.000000132. The Hall–Kier alpha value is -5.80. The third kappa shape index (κ3) is 5.58. The summed E-state index contributed by atoms with van der Waals surface area (Å²) in [6, 6.07) is 22.7. The molecule has 8 heterocycles. The highest BCUT2D eigenvalue weighted by atomic mass is 32.1. The van der Waals surface area contributed by atoms with Crippen molar-refractivity contribution in [3.8, 4) is 23.0 Å². The monoisotopic (exact) mass is 739 g/mol. The molecule has 0 spiro atoms. The number of hydrogen-bond donors (Lipinski definition) is 0. The Morgan fingerprint density at radius 1 is 0.679 bits per heavy atom. The van der Waals surface area contributed by atoms with Crippen LogP contribution in [-0.2, 0) is 13.1 Å². The van der Waals surface area contributed by atoms with Gasteiger partial charge in [-0.15, -0.1) is 43.1 Å². The second-order valence-electron chi connectivity index (χ2n) is 13.9. The number of rotatable bonds is 7. The zero-order valence-electron chi connectivity index (χ0n) is 29.0. The van der Waals surface area contributed by atoms with E-state index < -0.39 is 0 Å². The summed E-state index contributed by atoms with van der Waals surface area (Å²) in [6.45, 7) is 1.12. The Kier molecular flexibility index (Phi) is 7.47. The first-order valence-corrected chi connectivity index (χ1v) is 19.2. The molecule has 2 aliphatic carbocycles. The summed E-state index contributed by atoms with van der Waals surface area (Å²) in [7, 11) is 3.98. The maximum absolute atomic E-state index is 13.0. The van der Waals surface area contributed by atoms with E-state index in [0.717, 1.165) is 84.7 Å². The van der Waals surface area contributed by atoms with E-state index in [1.54, 1.807) is 33.8 Å². The molecule has 0 atom stereocenters. The highest BCUT2D eigenvalue weighted by molar-refractivity contribution is 7.21. The standard InChI is InChI=1S/C20H15N5OS.C18H18N6OS/c26-20-18-14(13-4-1-2-6-16(13)27-18)10-24(20)17-7-3-5-15(22-17)19-23-21-11-25(19)12-8-9-12;1-22(2)15-8-11-9-23(18(25)16(11)26-15)14-5-3-4-13(20-14)17-21-19-10-24(17)12-6-7-12/h1-7,11-12H,8-10H2;3-5,8,10,12H,6-7,9H2,1-2H3. The Morgan fingerprint density at radius 2 is 1.26 bits per heavy atom. The molecule has 7 aromatic rings. The normalized spacial score (nSPS) is 16.3. The number of hydrogen-bond acceptors (Lipinski definition) is 11. The van der Waals surface area contributed by atoms with E-state index in [0.29, 0.717) is 36.8 Å². The number of carbonyl (C=O) groups is 2. The third-order valence-electron chi connectivity index (χ3n) is 9.97. The lowest BCUT2D eigenvalue weighted by Crippen LogP contribution is -2.24. The number of anilines is 3. The van der Waals surface area contributed by atoms with E-state index in [9.17, 15) is 9.59 Å². The van der Waals surface area contributed by atoms with Crippen LogP contribution in [0.5, 0.6) is 0 Å². The number of aromatic nitrogens is 8. The third-order valence-corrected chi connectivity index (χ3v) is 12.5. The fourth-order valence-corrected chi connectivity index (χ4v) is 9.14. The van der Waals surface area contributed by atoms with Gasteiger partial charge in [-0.3, -0.25) is 19.4 Å². The molecular weight excluding hydrogens is 707 g/mol. The molecule has 15 heteroatoms. The van der Waals surface area contributed by atoms with Crippen molar-refractivity contribution in [2.24, 2.45) is 0 Å². The Bertz CT molecular complexity index is 2560. The minimum atomic E-state index is 0.0198. The number of fused-ring (bicyclic) bond motifs is 4. The molecule has 53 heavy (non-hydrogen) atoms. The van der Waals surface area contributed by atoms with Gasteiger partial charge in [-0.05, 0) is 73.0 Å². The van der Waals surface area contributed by atoms with Crippen LogP contribution in [0, 0.1) is 0 Å². The summed E-state index contributed by atoms with van der Waals surface area (Å²) in [5.41, 5.74) is 3.68. The lowest BCUT2D eigenvalue weighted by molar-refractivity contribution is 0.0991. The molecule has 2 amide bonds. The van der Waals surface area contributed by atoms with Crippen molar-refractivity contribution in [3.05, 3.63) is 100 Å². The second-order valence-corrected chi connectivity index (χ2v) is 16.0. The first kappa shape index (κ1) is 31.9. The predicted octanol–water partition coefficient (Wildman–Crippen LogP) is 7.01. The molecule has 0 N–H and O–H groups in total. The van der Waals surface area contributed by atoms with E-state index in [1.165, 1.54) is 11.3 Å². The predicted molar refractivity (Wildman–Crippen MR) is 205 cm³/mol. The molecule has 0 unspecified atom stereocenters. The Morgan fingerprint density at radius 3 is 1.85 bits per heavy atom. The van der Waals surface area contributed by atoms with E-state index in [4.69, 9.17) is 9.97 Å². The van der Waals surface area contributed by atoms with Crippen LogP contribution in [0.4, 0.5) is 16.6 Å². The van der Waals surface area contributed by atoms with Gasteiger partial charge in [0.15, 0.2) is 11.6 Å². The van der Waals surface area contributed by atoms with Gasteiger partial charge >= 0.3 is 0 Å². The summed E-state index contributed by atoms with van der Waals surface area (Å²) in [4.78, 5) is 42.5. The van der Waals surface area contributed by atoms with Crippen LogP contribution in [0.1, 0.15) is 68.2 Å². The van der Waals surface area contributed by atoms with Crippen molar-refractivity contribution >= 4 is 61.2 Å². The van der Waals surface area contributed by atoms with E-state index in [2.05, 4.69) is 47.7 Å². The average Bonchev–Trinajstić information content (AvgIpc) is 3.83. The highest BCUT2D eigenvalue weighted by Crippen LogP contribution is 2.41. The van der Waals surface area contributed by atoms with Crippen LogP contribution >= 0.6 is 22.7 Å². The second kappa shape index (κ2) is 12.4. The number of amides is 2. The zero-order valence-corrected chi connectivity index (χ0v) is 30.6. The van der Waals surface area contributed by atoms with Crippen molar-refractivity contribution in [2.45, 2.75) is 50.9 Å². The minimum Gasteiger partial charge on any atom is -0.370 e. The Labute approximate surface area is 312 Å². The van der Waals surface area contributed by atoms with Gasteiger partial charge in [-0.25, -0.2) is 9.97 Å². The molecule has 11 rings (SSSR count). The lowest BCUT2D eigenvalue weighted by atomic mass is 10.1. The van der Waals surface area contributed by atoms with Crippen LogP contribution in [0.3, 0.4) is 0 Å². The summed E-state index contributed by atoms with van der Waals surface area (Å²) >= 11 is 3.10. The van der Waals surface area contributed by atoms with Gasteiger partial charge in [0.25, 0.3) is 11.8 Å². The summed E-state index contributed by atoms with van der Waals surface area (Å²) in [5, 5.41) is 18.9. The molecule has 1 aromatic carbocycles. The van der Waals surface area contributed by atoms with Gasteiger partial charge < -0.3 is 14.0 Å². The smallest absolute Gasteiger partial charge is 0.270 e. The van der Waals surface area contributed by atoms with Crippen LogP contribution in [0.15, 0.2) is 79.4 Å². The van der Waals surface area contributed by atoms with Crippen molar-refractivity contribution in [1.29, 1.82) is 0 Å². The molecule has 2 aliphatic heterocycles. The van der Waals surface area contributed by atoms with E-state index in [-0.39, 0.29) is 11.8 Å². The number of benzene rings is 1. The van der Waals surface area contributed by atoms with Gasteiger partial charge in [0.2, 0.25) is 0 Å². The lowest BCUT2D eigenvalue weighted by Gasteiger charge is -2.16. The fraction of sp³-hybridized carbons (Fsp3) is 0.263. The quantitative estimate of drug-likeness (QED) is 0.169. The highest BCUT2D eigenvalue weighted by Gasteiger charge is 2.35. The molecule has 0 saturated heterocycles. The van der Waals surface area contributed by atoms with Crippen LogP contribution in [0.25, 0.3) is 33.1 Å². The largest absolute Gasteiger partial charge is 0.370 e. The fourth-order valence-electron chi connectivity index (χ4n) is 6.94. The molecular formula is C38H33N11O2S2. The van der Waals surface area contributed by atoms with E-state index >= 15 is 0 Å². The zero-order chi connectivity index (χ0) is 35.8. The summed E-state index contributed by atoms with van der Waals surface area (Å²) in [6.07, 6.45) is 8.16. The van der Waals surface area contributed by atoms with E-state index in [1.807, 2.05) is 67.5 Å². The van der Waals surface area contributed by atoms with Gasteiger partial charge in [-0.2, -0.15) is 0 Å². The number of thiophene rings is 2. The van der Waals surface area contributed by atoms with Crippen LogP contribution < -0.4 is 14.7 Å². The average molecular weight is 740 g/mol. The molecule has 4 aliphatic rings. The summed E-state index contributed by atoms with van der Waals surface area (Å²) < 4.78 is 5.33. The van der Waals surface area contributed by atoms with Crippen molar-refractivity contribution < 1.29 is 9.59 Å². The number of nitrogens with zero attached hydrogens (tertiary/aromatic N) is 11. The van der Waals surface area contributed by atoms with Gasteiger partial charge in [0.1, 0.15) is 35.7 Å². The first-order valence-electron chi connectivity index (χ1n) is 17.6. The van der Waals surface area contributed by atoms with Crippen molar-refractivity contribution in [3.63, 3.8) is 0 Å². The molecule has 13 nitrogen and oxygen atoms in total. The van der Waals surface area contributed by atoms with Crippen LogP contribution in [-0.4, -0.2) is 65.4 Å². The van der Waals surface area contributed by atoms with Gasteiger partial charge in [0.05, 0.1) is 27.8 Å². The number of pyridine rings is 2. The summed E-state index contributed by atoms with van der Waals surface area (Å²) in [5.74, 6) is 2.91. The molecule has 2 saturated carbocycles. The topological polar surface area (TPSA) is 131 Å². The number of carbonyl (C=O) groups excluding carboxylic acids is 2. The molecule has 0 radical (unpaired) electrons. The van der Waals surface area contributed by atoms with Crippen molar-refractivity contribution in [2.75, 3.05) is 28.8 Å². The SMILES string of the molecule is CN(C)c1cc2c(s1)C(=O)N(c1cccc(-c3nncn3C3CC3)n1)C2.O=C1c2sc3ccccc3c2CN1c1cccc(-c2nncn2C2CC2)n1. The molecule has 6 aromatic heterocycles. The van der Waals surface area contributed by atoms with Crippen molar-refractivity contribution in [1.82, 2.24) is 39.5 Å². The minimum absolute atomic E-state index is 0.0198. The molecule has 2 fully saturated rings. The van der Waals surface area contributed by atoms with Crippen LogP contribution in [0.2, 0.25) is 0 Å². The maximum Gasteiger partial charge on any atom is 0.270 e. The maximum atomic E-state index is 13.0. The first-order chi connectivity index (χ1) is 25.9.